The second kappa shape index (κ2) is 5.59. The topological polar surface area (TPSA) is 69.6 Å². The van der Waals surface area contributed by atoms with Crippen LogP contribution in [0.2, 0.25) is 0 Å². The van der Waals surface area contributed by atoms with Crippen molar-refractivity contribution in [2.45, 2.75) is 57.5 Å². The highest BCUT2D eigenvalue weighted by Gasteiger charge is 2.38. The van der Waals surface area contributed by atoms with Gasteiger partial charge in [0.2, 0.25) is 0 Å². The first-order valence-electron chi connectivity index (χ1n) is 6.93. The highest BCUT2D eigenvalue weighted by atomic mass is 16.4. The number of hydrogen-bond acceptors (Lipinski definition) is 2. The van der Waals surface area contributed by atoms with Crippen molar-refractivity contribution in [1.82, 2.24) is 10.2 Å². The molecule has 1 aliphatic carbocycles. The summed E-state index contributed by atoms with van der Waals surface area (Å²) in [4.78, 5) is 24.9. The molecule has 0 aromatic heterocycles. The molecule has 1 heterocycles. The molecule has 0 bridgehead atoms. The summed E-state index contributed by atoms with van der Waals surface area (Å²) in [7, 11) is 0. The Bertz CT molecular complexity index is 332. The van der Waals surface area contributed by atoms with Gasteiger partial charge in [0, 0.05) is 12.6 Å². The first-order valence-corrected chi connectivity index (χ1v) is 6.93. The maximum Gasteiger partial charge on any atom is 0.326 e. The number of carboxylic acid groups (broad SMARTS) is 1. The van der Waals surface area contributed by atoms with Crippen LogP contribution in [0.25, 0.3) is 0 Å². The Balaban J connectivity index is 1.94. The number of fused-ring (bicyclic) bond motifs is 1. The molecule has 0 aromatic rings. The standard InChI is InChI=1S/C13H22N2O3/c1-2-10(12(16)17)14-13(18)15-8-7-9-5-3-4-6-11(9)15/h9-11H,2-8H2,1H3,(H,14,18)(H,16,17)/t9?,10-,11?/m0/s1. The molecule has 3 atom stereocenters. The van der Waals surface area contributed by atoms with Gasteiger partial charge in [0.05, 0.1) is 0 Å². The number of rotatable bonds is 3. The smallest absolute Gasteiger partial charge is 0.326 e. The fourth-order valence-corrected chi connectivity index (χ4v) is 3.23. The highest BCUT2D eigenvalue weighted by molar-refractivity contribution is 5.82. The molecule has 0 radical (unpaired) electrons. The lowest BCUT2D eigenvalue weighted by molar-refractivity contribution is -0.139. The molecule has 1 saturated carbocycles. The zero-order chi connectivity index (χ0) is 13.1. The number of nitrogens with zero attached hydrogens (tertiary/aromatic N) is 1. The van der Waals surface area contributed by atoms with E-state index >= 15 is 0 Å². The van der Waals surface area contributed by atoms with E-state index in [4.69, 9.17) is 5.11 Å². The number of aliphatic carboxylic acids is 1. The minimum atomic E-state index is -0.953. The first kappa shape index (κ1) is 13.2. The van der Waals surface area contributed by atoms with Gasteiger partial charge in [0.1, 0.15) is 6.04 Å². The maximum atomic E-state index is 12.1. The van der Waals surface area contributed by atoms with E-state index in [0.717, 1.165) is 19.4 Å². The average Bonchev–Trinajstić information content (AvgIpc) is 2.79. The van der Waals surface area contributed by atoms with Gasteiger partial charge in [0.15, 0.2) is 0 Å². The highest BCUT2D eigenvalue weighted by Crippen LogP contribution is 2.36. The SMILES string of the molecule is CC[C@H](NC(=O)N1CCC2CCCCC21)C(=O)O. The average molecular weight is 254 g/mol. The minimum Gasteiger partial charge on any atom is -0.480 e. The molecule has 2 aliphatic rings. The summed E-state index contributed by atoms with van der Waals surface area (Å²) in [6, 6.07) is -0.621. The molecule has 1 saturated heterocycles. The predicted octanol–water partition coefficient (Wildman–Crippen LogP) is 1.82. The molecule has 18 heavy (non-hydrogen) atoms. The van der Waals surface area contributed by atoms with Crippen LogP contribution in [-0.4, -0.2) is 40.6 Å². The van der Waals surface area contributed by atoms with Crippen LogP contribution in [0.4, 0.5) is 4.79 Å². The monoisotopic (exact) mass is 254 g/mol. The number of likely N-dealkylation sites (tertiary alicyclic amines) is 1. The lowest BCUT2D eigenvalue weighted by atomic mass is 9.85. The van der Waals surface area contributed by atoms with Gasteiger partial charge in [-0.05, 0) is 31.6 Å². The lowest BCUT2D eigenvalue weighted by Crippen LogP contribution is -2.50. The van der Waals surface area contributed by atoms with Crippen molar-refractivity contribution in [2.24, 2.45) is 5.92 Å². The van der Waals surface area contributed by atoms with Crippen molar-refractivity contribution >= 4 is 12.0 Å². The molecule has 2 amide bonds. The largest absolute Gasteiger partial charge is 0.480 e. The van der Waals surface area contributed by atoms with Crippen LogP contribution in [0.1, 0.15) is 45.4 Å². The summed E-state index contributed by atoms with van der Waals surface area (Å²) in [5.74, 6) is -0.320. The van der Waals surface area contributed by atoms with E-state index < -0.39 is 12.0 Å². The third kappa shape index (κ3) is 2.60. The Morgan fingerprint density at radius 1 is 1.33 bits per heavy atom. The van der Waals surface area contributed by atoms with Crippen LogP contribution in [0, 0.1) is 5.92 Å². The van der Waals surface area contributed by atoms with Gasteiger partial charge in [-0.1, -0.05) is 19.8 Å². The number of nitrogens with one attached hydrogen (secondary N) is 1. The van der Waals surface area contributed by atoms with Crippen LogP contribution in [-0.2, 0) is 4.79 Å². The summed E-state index contributed by atoms with van der Waals surface area (Å²) < 4.78 is 0. The summed E-state index contributed by atoms with van der Waals surface area (Å²) in [6.45, 7) is 2.55. The van der Waals surface area contributed by atoms with Gasteiger partial charge in [-0.15, -0.1) is 0 Å². The zero-order valence-corrected chi connectivity index (χ0v) is 10.9. The molecule has 102 valence electrons. The Labute approximate surface area is 108 Å². The Morgan fingerprint density at radius 3 is 2.72 bits per heavy atom. The summed E-state index contributed by atoms with van der Waals surface area (Å²) in [5, 5.41) is 11.6. The molecule has 0 aromatic carbocycles. The van der Waals surface area contributed by atoms with E-state index in [1.165, 1.54) is 19.3 Å². The Kier molecular flexibility index (Phi) is 4.09. The third-order valence-electron chi connectivity index (χ3n) is 4.27. The van der Waals surface area contributed by atoms with E-state index in [2.05, 4.69) is 5.32 Å². The van der Waals surface area contributed by atoms with Gasteiger partial charge in [-0.25, -0.2) is 9.59 Å². The van der Waals surface area contributed by atoms with E-state index in [9.17, 15) is 9.59 Å². The molecule has 2 unspecified atom stereocenters. The van der Waals surface area contributed by atoms with Crippen molar-refractivity contribution in [3.8, 4) is 0 Å². The van der Waals surface area contributed by atoms with Crippen LogP contribution in [0.5, 0.6) is 0 Å². The molecular weight excluding hydrogens is 232 g/mol. The Hall–Kier alpha value is -1.26. The second-order valence-electron chi connectivity index (χ2n) is 5.34. The minimum absolute atomic E-state index is 0.196. The second-order valence-corrected chi connectivity index (χ2v) is 5.34. The number of carboxylic acids is 1. The molecule has 2 fully saturated rings. The predicted molar refractivity (Wildman–Crippen MR) is 67.3 cm³/mol. The molecule has 5 nitrogen and oxygen atoms in total. The van der Waals surface area contributed by atoms with Gasteiger partial charge >= 0.3 is 12.0 Å². The molecule has 5 heteroatoms. The molecule has 2 N–H and O–H groups in total. The van der Waals surface area contributed by atoms with Crippen LogP contribution in [0.3, 0.4) is 0 Å². The van der Waals surface area contributed by atoms with Gasteiger partial charge in [-0.3, -0.25) is 0 Å². The summed E-state index contributed by atoms with van der Waals surface area (Å²) in [6.07, 6.45) is 6.22. The number of hydrogen-bond donors (Lipinski definition) is 2. The zero-order valence-electron chi connectivity index (χ0n) is 10.9. The Morgan fingerprint density at radius 2 is 2.06 bits per heavy atom. The lowest BCUT2D eigenvalue weighted by Gasteiger charge is -2.32. The van der Waals surface area contributed by atoms with E-state index in [1.54, 1.807) is 6.92 Å². The number of urea groups is 1. The molecule has 1 aliphatic heterocycles. The van der Waals surface area contributed by atoms with Crippen LogP contribution < -0.4 is 5.32 Å². The molecule has 0 spiro atoms. The number of carbonyl (C=O) groups is 2. The third-order valence-corrected chi connectivity index (χ3v) is 4.27. The normalized spacial score (nSPS) is 28.6. The maximum absolute atomic E-state index is 12.1. The van der Waals surface area contributed by atoms with Gasteiger partial charge in [-0.2, -0.15) is 0 Å². The summed E-state index contributed by atoms with van der Waals surface area (Å²) in [5.41, 5.74) is 0. The van der Waals surface area contributed by atoms with Crippen molar-refractivity contribution in [2.75, 3.05) is 6.54 Å². The molecular formula is C13H22N2O3. The quantitative estimate of drug-likeness (QED) is 0.807. The van der Waals surface area contributed by atoms with E-state index in [0.29, 0.717) is 18.4 Å². The van der Waals surface area contributed by atoms with Crippen LogP contribution >= 0.6 is 0 Å². The summed E-state index contributed by atoms with van der Waals surface area (Å²) >= 11 is 0. The fraction of sp³-hybridized carbons (Fsp3) is 0.846. The van der Waals surface area contributed by atoms with Crippen molar-refractivity contribution in [3.05, 3.63) is 0 Å². The van der Waals surface area contributed by atoms with Crippen molar-refractivity contribution < 1.29 is 14.7 Å². The van der Waals surface area contributed by atoms with Crippen molar-refractivity contribution in [3.63, 3.8) is 0 Å². The van der Waals surface area contributed by atoms with Gasteiger partial charge < -0.3 is 15.3 Å². The number of amides is 2. The van der Waals surface area contributed by atoms with E-state index in [1.807, 2.05) is 4.90 Å². The van der Waals surface area contributed by atoms with E-state index in [-0.39, 0.29) is 6.03 Å². The molecule has 2 rings (SSSR count). The number of carbonyl (C=O) groups excluding carboxylic acids is 1. The first-order chi connectivity index (χ1) is 8.63. The fourth-order valence-electron chi connectivity index (χ4n) is 3.23. The van der Waals surface area contributed by atoms with Crippen LogP contribution in [0.15, 0.2) is 0 Å². The van der Waals surface area contributed by atoms with Crippen molar-refractivity contribution in [1.29, 1.82) is 0 Å². The van der Waals surface area contributed by atoms with Gasteiger partial charge in [0.25, 0.3) is 0 Å².